The highest BCUT2D eigenvalue weighted by molar-refractivity contribution is 6.42. The van der Waals surface area contributed by atoms with Gasteiger partial charge >= 0.3 is 0 Å². The first-order valence-corrected chi connectivity index (χ1v) is 10.3. The Bertz CT molecular complexity index is 1160. The van der Waals surface area contributed by atoms with Crippen LogP contribution in [0, 0.1) is 12.7 Å². The fourth-order valence-corrected chi connectivity index (χ4v) is 4.06. The quantitative estimate of drug-likeness (QED) is 0.516. The van der Waals surface area contributed by atoms with E-state index in [0.29, 0.717) is 29.1 Å². The molecule has 0 aliphatic rings. The van der Waals surface area contributed by atoms with Crippen LogP contribution in [0.3, 0.4) is 0 Å². The minimum atomic E-state index is -0.894. The number of halogens is 3. The Labute approximate surface area is 183 Å². The SMILES string of the molecule is CCCCC(C(N)=O)c1c(C)n(C(=O)c2ccc(Cl)c(Cl)c2)c2ccc(O)c(F)c12. The van der Waals surface area contributed by atoms with Crippen LogP contribution in [-0.2, 0) is 4.79 Å². The van der Waals surface area contributed by atoms with E-state index in [1.807, 2.05) is 6.92 Å². The molecule has 0 radical (unpaired) electrons. The average molecular weight is 451 g/mol. The molecule has 0 aliphatic heterocycles. The van der Waals surface area contributed by atoms with Gasteiger partial charge in [0.2, 0.25) is 5.91 Å². The summed E-state index contributed by atoms with van der Waals surface area (Å²) in [6, 6.07) is 7.05. The molecule has 158 valence electrons. The zero-order valence-corrected chi connectivity index (χ0v) is 18.0. The summed E-state index contributed by atoms with van der Waals surface area (Å²) in [5, 5.41) is 10.5. The molecule has 5 nitrogen and oxygen atoms in total. The zero-order valence-electron chi connectivity index (χ0n) is 16.5. The van der Waals surface area contributed by atoms with Crippen LogP contribution in [0.4, 0.5) is 4.39 Å². The lowest BCUT2D eigenvalue weighted by molar-refractivity contribution is -0.119. The normalized spacial score (nSPS) is 12.3. The van der Waals surface area contributed by atoms with Crippen LogP contribution in [0.15, 0.2) is 30.3 Å². The molecule has 3 N–H and O–H groups in total. The molecule has 3 rings (SSSR count). The summed E-state index contributed by atoms with van der Waals surface area (Å²) >= 11 is 12.0. The van der Waals surface area contributed by atoms with Gasteiger partial charge < -0.3 is 10.8 Å². The third kappa shape index (κ3) is 3.77. The molecule has 30 heavy (non-hydrogen) atoms. The number of phenolic OH excluding ortho intramolecular Hbond substituents is 1. The average Bonchev–Trinajstić information content (AvgIpc) is 2.99. The number of carbonyl (C=O) groups excluding carboxylic acids is 2. The van der Waals surface area contributed by atoms with Crippen molar-refractivity contribution in [3.63, 3.8) is 0 Å². The molecule has 1 atom stereocenters. The second-order valence-electron chi connectivity index (χ2n) is 7.16. The third-order valence-corrected chi connectivity index (χ3v) is 5.98. The van der Waals surface area contributed by atoms with Gasteiger partial charge in [-0.05, 0) is 49.2 Å². The van der Waals surface area contributed by atoms with Crippen molar-refractivity contribution in [3.8, 4) is 5.75 Å². The molecule has 0 saturated carbocycles. The van der Waals surface area contributed by atoms with Crippen LogP contribution >= 0.6 is 23.2 Å². The van der Waals surface area contributed by atoms with Crippen molar-refractivity contribution in [2.75, 3.05) is 0 Å². The van der Waals surface area contributed by atoms with E-state index in [2.05, 4.69) is 0 Å². The Morgan fingerprint density at radius 1 is 1.20 bits per heavy atom. The summed E-state index contributed by atoms with van der Waals surface area (Å²) in [5.74, 6) is -3.34. The molecular formula is C22H21Cl2FN2O3. The lowest BCUT2D eigenvalue weighted by Crippen LogP contribution is -2.23. The highest BCUT2D eigenvalue weighted by Crippen LogP contribution is 2.39. The number of unbranched alkanes of at least 4 members (excludes halogenated alkanes) is 1. The van der Waals surface area contributed by atoms with E-state index in [1.54, 1.807) is 6.92 Å². The highest BCUT2D eigenvalue weighted by Gasteiger charge is 2.30. The van der Waals surface area contributed by atoms with Gasteiger partial charge in [0.1, 0.15) is 0 Å². The summed E-state index contributed by atoms with van der Waals surface area (Å²) in [5.41, 5.74) is 6.81. The van der Waals surface area contributed by atoms with Crippen molar-refractivity contribution in [3.05, 3.63) is 63.0 Å². The van der Waals surface area contributed by atoms with Crippen LogP contribution in [0.5, 0.6) is 5.75 Å². The number of aromatic nitrogens is 1. The molecule has 8 heteroatoms. The predicted molar refractivity (Wildman–Crippen MR) is 116 cm³/mol. The Hall–Kier alpha value is -2.57. The monoisotopic (exact) mass is 450 g/mol. The van der Waals surface area contributed by atoms with Gasteiger partial charge in [0.05, 0.1) is 21.5 Å². The Kier molecular flexibility index (Phi) is 6.38. The molecule has 1 aromatic heterocycles. The van der Waals surface area contributed by atoms with E-state index in [-0.39, 0.29) is 21.5 Å². The Morgan fingerprint density at radius 3 is 2.50 bits per heavy atom. The number of primary amides is 1. The van der Waals surface area contributed by atoms with Gasteiger partial charge in [0.25, 0.3) is 5.91 Å². The summed E-state index contributed by atoms with van der Waals surface area (Å²) in [6.45, 7) is 3.59. The number of aromatic hydroxyl groups is 1. The Morgan fingerprint density at radius 2 is 1.90 bits per heavy atom. The van der Waals surface area contributed by atoms with Gasteiger partial charge in [0.15, 0.2) is 11.6 Å². The topological polar surface area (TPSA) is 85.3 Å². The second kappa shape index (κ2) is 8.66. The molecule has 1 amide bonds. The van der Waals surface area contributed by atoms with Gasteiger partial charge in [-0.1, -0.05) is 43.0 Å². The molecule has 2 aromatic carbocycles. The molecule has 0 aliphatic carbocycles. The van der Waals surface area contributed by atoms with Crippen LogP contribution in [-0.4, -0.2) is 21.5 Å². The first kappa shape index (κ1) is 22.1. The number of nitrogens with two attached hydrogens (primary N) is 1. The van der Waals surface area contributed by atoms with Crippen LogP contribution in [0.25, 0.3) is 10.9 Å². The van der Waals surface area contributed by atoms with Gasteiger partial charge in [-0.15, -0.1) is 0 Å². The fourth-order valence-electron chi connectivity index (χ4n) is 3.76. The lowest BCUT2D eigenvalue weighted by Gasteiger charge is -2.15. The van der Waals surface area contributed by atoms with Crippen molar-refractivity contribution in [1.82, 2.24) is 4.57 Å². The molecule has 0 bridgehead atoms. The number of hydrogen-bond donors (Lipinski definition) is 2. The predicted octanol–water partition coefficient (Wildman–Crippen LogP) is 5.55. The summed E-state index contributed by atoms with van der Waals surface area (Å²) in [6.07, 6.45) is 1.92. The number of carbonyl (C=O) groups is 2. The van der Waals surface area contributed by atoms with Gasteiger partial charge in [-0.2, -0.15) is 0 Å². The van der Waals surface area contributed by atoms with Crippen molar-refractivity contribution >= 4 is 45.9 Å². The molecule has 3 aromatic rings. The fraction of sp³-hybridized carbons (Fsp3) is 0.273. The van der Waals surface area contributed by atoms with E-state index in [4.69, 9.17) is 28.9 Å². The maximum Gasteiger partial charge on any atom is 0.262 e. The minimum Gasteiger partial charge on any atom is -0.505 e. The van der Waals surface area contributed by atoms with E-state index < -0.39 is 29.3 Å². The van der Waals surface area contributed by atoms with Crippen LogP contribution in [0.1, 0.15) is 53.7 Å². The van der Waals surface area contributed by atoms with Gasteiger partial charge in [-0.3, -0.25) is 14.2 Å². The number of fused-ring (bicyclic) bond motifs is 1. The van der Waals surface area contributed by atoms with E-state index in [0.717, 1.165) is 6.42 Å². The number of hydrogen-bond acceptors (Lipinski definition) is 3. The highest BCUT2D eigenvalue weighted by atomic mass is 35.5. The first-order chi connectivity index (χ1) is 14.2. The number of phenols is 1. The maximum absolute atomic E-state index is 15.0. The number of rotatable bonds is 6. The second-order valence-corrected chi connectivity index (χ2v) is 7.97. The van der Waals surface area contributed by atoms with Crippen molar-refractivity contribution < 1.29 is 19.1 Å². The number of nitrogens with zero attached hydrogens (tertiary/aromatic N) is 1. The number of amides is 1. The third-order valence-electron chi connectivity index (χ3n) is 5.24. The molecular weight excluding hydrogens is 430 g/mol. The molecule has 0 spiro atoms. The molecule has 0 saturated heterocycles. The standard InChI is InChI=1S/C22H21Cl2FN2O3/c1-3-4-5-13(21(26)29)18-11(2)27(16-8-9-17(28)20(25)19(16)18)22(30)12-6-7-14(23)15(24)10-12/h6-10,13,28H,3-5H2,1-2H3,(H2,26,29). The summed E-state index contributed by atoms with van der Waals surface area (Å²) < 4.78 is 16.3. The number of benzene rings is 2. The van der Waals surface area contributed by atoms with Crippen molar-refractivity contribution in [2.45, 2.75) is 39.0 Å². The minimum absolute atomic E-state index is 0.0146. The van der Waals surface area contributed by atoms with Crippen molar-refractivity contribution in [1.29, 1.82) is 0 Å². The molecule has 1 heterocycles. The Balaban J connectivity index is 2.32. The lowest BCUT2D eigenvalue weighted by atomic mass is 9.90. The van der Waals surface area contributed by atoms with Crippen LogP contribution in [0.2, 0.25) is 10.0 Å². The first-order valence-electron chi connectivity index (χ1n) is 9.50. The van der Waals surface area contributed by atoms with E-state index in [1.165, 1.54) is 34.9 Å². The van der Waals surface area contributed by atoms with Crippen molar-refractivity contribution in [2.24, 2.45) is 5.73 Å². The van der Waals surface area contributed by atoms with E-state index in [9.17, 15) is 14.7 Å². The smallest absolute Gasteiger partial charge is 0.262 e. The largest absolute Gasteiger partial charge is 0.505 e. The van der Waals surface area contributed by atoms with Gasteiger partial charge in [0, 0.05) is 16.6 Å². The zero-order chi connectivity index (χ0) is 22.2. The van der Waals surface area contributed by atoms with Crippen LogP contribution < -0.4 is 5.73 Å². The van der Waals surface area contributed by atoms with Gasteiger partial charge in [-0.25, -0.2) is 4.39 Å². The van der Waals surface area contributed by atoms with E-state index >= 15 is 4.39 Å². The summed E-state index contributed by atoms with van der Waals surface area (Å²) in [7, 11) is 0. The summed E-state index contributed by atoms with van der Waals surface area (Å²) in [4.78, 5) is 25.6. The maximum atomic E-state index is 15.0. The molecule has 0 fully saturated rings. The molecule has 1 unspecified atom stereocenters.